The Labute approximate surface area is 181 Å². The van der Waals surface area contributed by atoms with Crippen molar-refractivity contribution in [1.82, 2.24) is 14.3 Å². The lowest BCUT2D eigenvalue weighted by Gasteiger charge is -2.17. The van der Waals surface area contributed by atoms with Gasteiger partial charge in [0.25, 0.3) is 5.56 Å². The number of H-pyrrole nitrogens is 2. The lowest BCUT2D eigenvalue weighted by atomic mass is 10.1. The van der Waals surface area contributed by atoms with Crippen molar-refractivity contribution in [1.29, 1.82) is 0 Å². The van der Waals surface area contributed by atoms with Crippen LogP contribution >= 0.6 is 11.6 Å². The van der Waals surface area contributed by atoms with Gasteiger partial charge in [0.2, 0.25) is 10.0 Å². The third-order valence-corrected chi connectivity index (χ3v) is 8.06. The number of benzene rings is 2. The first kappa shape index (κ1) is 20.2. The predicted octanol–water partition coefficient (Wildman–Crippen LogP) is 3.19. The van der Waals surface area contributed by atoms with Crippen LogP contribution < -0.4 is 11.3 Å². The van der Waals surface area contributed by atoms with Gasteiger partial charge >= 0.3 is 0 Å². The number of nitrogens with two attached hydrogens (primary N) is 1. The summed E-state index contributed by atoms with van der Waals surface area (Å²) in [4.78, 5) is 18.3. The summed E-state index contributed by atoms with van der Waals surface area (Å²) in [5.74, 6) is -0.457. The molecule has 1 unspecified atom stereocenters. The molecular formula is C21H18ClFN4O3S. The molecule has 1 aliphatic heterocycles. The van der Waals surface area contributed by atoms with Gasteiger partial charge in [-0.2, -0.15) is 4.31 Å². The molecule has 1 fully saturated rings. The first-order valence-corrected chi connectivity index (χ1v) is 11.5. The highest BCUT2D eigenvalue weighted by Gasteiger charge is 2.33. The fourth-order valence-corrected chi connectivity index (χ4v) is 6.10. The fourth-order valence-electron chi connectivity index (χ4n) is 4.00. The SMILES string of the molecule is NC1CCN(S(=O)(=O)c2ccc3[nH]c(-c4cc5c(F)cccc5[nH]c4=O)cc3c2Cl)C1. The molecule has 5 rings (SSSR count). The Morgan fingerprint density at radius 3 is 2.61 bits per heavy atom. The van der Waals surface area contributed by atoms with Gasteiger partial charge in [-0.05, 0) is 42.8 Å². The van der Waals surface area contributed by atoms with Gasteiger partial charge in [0.15, 0.2) is 0 Å². The van der Waals surface area contributed by atoms with E-state index in [0.29, 0.717) is 35.1 Å². The molecule has 1 atom stereocenters. The van der Waals surface area contributed by atoms with Crippen molar-refractivity contribution < 1.29 is 12.8 Å². The summed E-state index contributed by atoms with van der Waals surface area (Å²) in [6.07, 6.45) is 0.592. The van der Waals surface area contributed by atoms with E-state index in [1.54, 1.807) is 18.2 Å². The van der Waals surface area contributed by atoms with Gasteiger partial charge in [0.05, 0.1) is 21.8 Å². The molecule has 2 aromatic carbocycles. The normalized spacial score (nSPS) is 17.7. The van der Waals surface area contributed by atoms with Crippen LogP contribution in [0.15, 0.2) is 52.2 Å². The van der Waals surface area contributed by atoms with Crippen LogP contribution in [0.2, 0.25) is 5.02 Å². The minimum atomic E-state index is -3.80. The molecule has 4 aromatic rings. The Morgan fingerprint density at radius 1 is 1.10 bits per heavy atom. The molecule has 0 radical (unpaired) electrons. The Balaban J connectivity index is 1.65. The van der Waals surface area contributed by atoms with Crippen LogP contribution in [0.1, 0.15) is 6.42 Å². The molecule has 1 saturated heterocycles. The standard InChI is InChI=1S/C21H18ClFN4O3S/c22-20-13-9-18(14-8-12-15(23)2-1-3-16(12)26-21(14)28)25-17(13)4-5-19(20)31(29,30)27-7-6-11(24)10-27/h1-5,8-9,11,25H,6-7,10,24H2,(H,26,28). The molecule has 4 N–H and O–H groups in total. The van der Waals surface area contributed by atoms with Gasteiger partial charge in [-0.1, -0.05) is 17.7 Å². The van der Waals surface area contributed by atoms with Crippen LogP contribution in [-0.2, 0) is 10.0 Å². The second-order valence-corrected chi connectivity index (χ2v) is 9.93. The predicted molar refractivity (Wildman–Crippen MR) is 118 cm³/mol. The average molecular weight is 461 g/mol. The minimum Gasteiger partial charge on any atom is -0.354 e. The van der Waals surface area contributed by atoms with E-state index < -0.39 is 21.4 Å². The maximum absolute atomic E-state index is 14.2. The summed E-state index contributed by atoms with van der Waals surface area (Å²) in [5.41, 5.74) is 7.03. The number of nitrogens with one attached hydrogen (secondary N) is 2. The van der Waals surface area contributed by atoms with Crippen LogP contribution in [0.4, 0.5) is 4.39 Å². The van der Waals surface area contributed by atoms with Gasteiger partial charge in [0.1, 0.15) is 10.7 Å². The third kappa shape index (κ3) is 3.25. The van der Waals surface area contributed by atoms with Gasteiger partial charge < -0.3 is 15.7 Å². The monoisotopic (exact) mass is 460 g/mol. The summed E-state index contributed by atoms with van der Waals surface area (Å²) < 4.78 is 41.6. The number of nitrogens with zero attached hydrogens (tertiary/aromatic N) is 1. The van der Waals surface area contributed by atoms with E-state index in [0.717, 1.165) is 0 Å². The molecule has 3 heterocycles. The minimum absolute atomic E-state index is 0.0141. The molecule has 0 amide bonds. The third-order valence-electron chi connectivity index (χ3n) is 5.63. The smallest absolute Gasteiger partial charge is 0.257 e. The van der Waals surface area contributed by atoms with Gasteiger partial charge in [-0.15, -0.1) is 0 Å². The molecule has 31 heavy (non-hydrogen) atoms. The van der Waals surface area contributed by atoms with Crippen LogP contribution in [0, 0.1) is 5.82 Å². The Hall–Kier alpha value is -2.72. The number of hydrogen-bond donors (Lipinski definition) is 3. The van der Waals surface area contributed by atoms with Crippen molar-refractivity contribution in [2.75, 3.05) is 13.1 Å². The molecule has 0 spiro atoms. The van der Waals surface area contributed by atoms with Crippen LogP contribution in [0.3, 0.4) is 0 Å². The lowest BCUT2D eigenvalue weighted by molar-refractivity contribution is 0.472. The Morgan fingerprint density at radius 2 is 1.87 bits per heavy atom. The van der Waals surface area contributed by atoms with Gasteiger partial charge in [-0.25, -0.2) is 12.8 Å². The first-order valence-electron chi connectivity index (χ1n) is 9.64. The van der Waals surface area contributed by atoms with Crippen molar-refractivity contribution in [3.05, 3.63) is 63.7 Å². The number of hydrogen-bond acceptors (Lipinski definition) is 4. The van der Waals surface area contributed by atoms with Crippen LogP contribution in [0.25, 0.3) is 33.1 Å². The summed E-state index contributed by atoms with van der Waals surface area (Å²) >= 11 is 6.50. The number of sulfonamides is 1. The van der Waals surface area contributed by atoms with Crippen LogP contribution in [0.5, 0.6) is 0 Å². The van der Waals surface area contributed by atoms with Gasteiger partial charge in [0, 0.05) is 35.4 Å². The van der Waals surface area contributed by atoms with E-state index in [9.17, 15) is 17.6 Å². The van der Waals surface area contributed by atoms with E-state index in [-0.39, 0.29) is 33.5 Å². The Bertz CT molecular complexity index is 1510. The highest BCUT2D eigenvalue weighted by atomic mass is 35.5. The summed E-state index contributed by atoms with van der Waals surface area (Å²) in [7, 11) is -3.80. The summed E-state index contributed by atoms with van der Waals surface area (Å²) in [6, 6.07) is 10.4. The zero-order valence-electron chi connectivity index (χ0n) is 16.2. The molecule has 7 nitrogen and oxygen atoms in total. The van der Waals surface area contributed by atoms with Crippen molar-refractivity contribution in [2.45, 2.75) is 17.4 Å². The van der Waals surface area contributed by atoms with E-state index >= 15 is 0 Å². The quantitative estimate of drug-likeness (QED) is 0.436. The average Bonchev–Trinajstić information content (AvgIpc) is 3.35. The van der Waals surface area contributed by atoms with Crippen LogP contribution in [-0.4, -0.2) is 41.8 Å². The molecule has 160 valence electrons. The topological polar surface area (TPSA) is 112 Å². The van der Waals surface area contributed by atoms with Crippen molar-refractivity contribution in [3.8, 4) is 11.3 Å². The highest BCUT2D eigenvalue weighted by Crippen LogP contribution is 2.35. The molecule has 0 saturated carbocycles. The molecule has 0 bridgehead atoms. The fraction of sp³-hybridized carbons (Fsp3) is 0.190. The van der Waals surface area contributed by atoms with E-state index in [1.807, 2.05) is 0 Å². The number of fused-ring (bicyclic) bond motifs is 2. The number of halogens is 2. The maximum Gasteiger partial charge on any atom is 0.257 e. The van der Waals surface area contributed by atoms with E-state index in [1.165, 1.54) is 28.6 Å². The lowest BCUT2D eigenvalue weighted by Crippen LogP contribution is -2.32. The number of aromatic nitrogens is 2. The highest BCUT2D eigenvalue weighted by molar-refractivity contribution is 7.89. The summed E-state index contributed by atoms with van der Waals surface area (Å²) in [6.45, 7) is 0.585. The second-order valence-electron chi connectivity index (χ2n) is 7.65. The zero-order chi connectivity index (χ0) is 21.9. The zero-order valence-corrected chi connectivity index (χ0v) is 17.7. The largest absolute Gasteiger partial charge is 0.354 e. The Kier molecular flexibility index (Phi) is 4.67. The number of pyridine rings is 1. The number of aromatic amines is 2. The first-order chi connectivity index (χ1) is 14.8. The van der Waals surface area contributed by atoms with E-state index in [2.05, 4.69) is 9.97 Å². The number of rotatable bonds is 3. The molecular weight excluding hydrogens is 443 g/mol. The molecule has 1 aliphatic rings. The van der Waals surface area contributed by atoms with Gasteiger partial charge in [-0.3, -0.25) is 4.79 Å². The molecule has 2 aromatic heterocycles. The van der Waals surface area contributed by atoms with Crippen molar-refractivity contribution in [3.63, 3.8) is 0 Å². The molecule has 10 heteroatoms. The molecule has 0 aliphatic carbocycles. The van der Waals surface area contributed by atoms with E-state index in [4.69, 9.17) is 17.3 Å². The summed E-state index contributed by atoms with van der Waals surface area (Å²) in [5, 5.41) is 0.786. The van der Waals surface area contributed by atoms with Crippen molar-refractivity contribution in [2.24, 2.45) is 5.73 Å². The maximum atomic E-state index is 14.2. The second kappa shape index (κ2) is 7.16. The van der Waals surface area contributed by atoms with Crippen molar-refractivity contribution >= 4 is 43.4 Å².